The van der Waals surface area contributed by atoms with Crippen molar-refractivity contribution >= 4 is 22.4 Å². The summed E-state index contributed by atoms with van der Waals surface area (Å²) in [5.74, 6) is 1.55. The van der Waals surface area contributed by atoms with Gasteiger partial charge in [0.15, 0.2) is 17.2 Å². The first-order valence-corrected chi connectivity index (χ1v) is 12.1. The van der Waals surface area contributed by atoms with Gasteiger partial charge in [0.2, 0.25) is 0 Å². The standard InChI is InChI=1S/C29H29F3N6/c1-7-21(17(3)4)22(8-2)26-36-25-23(10-9-15-33-25)27(37-26)34-18(5)19-11-13-20(14-12-19)28-35-24(16-38(28)6)29(30,31)32/h7-18H,1-2H2,3-6H3,(H,33,34,36,37)/b22-21-. The lowest BCUT2D eigenvalue weighted by Gasteiger charge is -2.18. The Balaban J connectivity index is 1.68. The van der Waals surface area contributed by atoms with Crippen molar-refractivity contribution in [3.63, 3.8) is 0 Å². The SMILES string of the molecule is C=C/C(=C(\C=C)C(C)C)c1nc(NC(C)c2ccc(-c3nc(C(F)(F)F)cn3C)cc2)c2cccnc2n1. The fourth-order valence-electron chi connectivity index (χ4n) is 4.27. The Morgan fingerprint density at radius 1 is 1.00 bits per heavy atom. The Morgan fingerprint density at radius 3 is 2.29 bits per heavy atom. The lowest BCUT2D eigenvalue weighted by molar-refractivity contribution is -0.140. The number of fused-ring (bicyclic) bond motifs is 1. The maximum Gasteiger partial charge on any atom is 0.434 e. The number of aryl methyl sites for hydroxylation is 1. The molecule has 1 aromatic carbocycles. The number of allylic oxidation sites excluding steroid dienone is 4. The lowest BCUT2D eigenvalue weighted by atomic mass is 9.96. The largest absolute Gasteiger partial charge is 0.434 e. The van der Waals surface area contributed by atoms with E-state index in [1.807, 2.05) is 31.2 Å². The molecule has 0 bridgehead atoms. The third-order valence-corrected chi connectivity index (χ3v) is 6.26. The summed E-state index contributed by atoms with van der Waals surface area (Å²) in [6.45, 7) is 14.0. The van der Waals surface area contributed by atoms with Gasteiger partial charge in [-0.05, 0) is 36.1 Å². The summed E-state index contributed by atoms with van der Waals surface area (Å²) in [6.07, 6.45) is 1.70. The molecule has 0 spiro atoms. The molecule has 196 valence electrons. The molecule has 0 fully saturated rings. The summed E-state index contributed by atoms with van der Waals surface area (Å²) in [5.41, 5.74) is 2.90. The molecule has 0 radical (unpaired) electrons. The fraction of sp³-hybridized carbons (Fsp3) is 0.241. The number of nitrogens with one attached hydrogen (secondary N) is 1. The van der Waals surface area contributed by atoms with Crippen LogP contribution in [0.25, 0.3) is 28.0 Å². The predicted octanol–water partition coefficient (Wildman–Crippen LogP) is 7.40. The van der Waals surface area contributed by atoms with Crippen LogP contribution in [0.5, 0.6) is 0 Å². The van der Waals surface area contributed by atoms with Gasteiger partial charge in [0.25, 0.3) is 0 Å². The highest BCUT2D eigenvalue weighted by Gasteiger charge is 2.34. The van der Waals surface area contributed by atoms with E-state index in [1.165, 1.54) is 4.57 Å². The number of anilines is 1. The van der Waals surface area contributed by atoms with E-state index in [4.69, 9.17) is 4.98 Å². The van der Waals surface area contributed by atoms with E-state index in [9.17, 15) is 13.2 Å². The number of imidazole rings is 1. The topological polar surface area (TPSA) is 68.5 Å². The van der Waals surface area contributed by atoms with Crippen LogP contribution in [0.2, 0.25) is 0 Å². The smallest absolute Gasteiger partial charge is 0.363 e. The van der Waals surface area contributed by atoms with E-state index in [0.717, 1.165) is 28.3 Å². The second-order valence-electron chi connectivity index (χ2n) is 9.25. The zero-order valence-electron chi connectivity index (χ0n) is 21.7. The van der Waals surface area contributed by atoms with E-state index in [-0.39, 0.29) is 17.8 Å². The number of rotatable bonds is 8. The molecule has 1 atom stereocenters. The van der Waals surface area contributed by atoms with Crippen LogP contribution in [0.15, 0.2) is 79.7 Å². The maximum absolute atomic E-state index is 13.1. The highest BCUT2D eigenvalue weighted by molar-refractivity contribution is 5.89. The molecular weight excluding hydrogens is 489 g/mol. The molecule has 3 aromatic heterocycles. The van der Waals surface area contributed by atoms with Crippen LogP contribution >= 0.6 is 0 Å². The summed E-state index contributed by atoms with van der Waals surface area (Å²) < 4.78 is 40.6. The van der Waals surface area contributed by atoms with E-state index in [2.05, 4.69) is 47.3 Å². The number of aromatic nitrogens is 5. The van der Waals surface area contributed by atoms with Gasteiger partial charge in [-0.2, -0.15) is 13.2 Å². The first kappa shape index (κ1) is 26.8. The van der Waals surface area contributed by atoms with Crippen LogP contribution in [0.4, 0.5) is 19.0 Å². The average molecular weight is 519 g/mol. The maximum atomic E-state index is 13.1. The molecule has 0 amide bonds. The van der Waals surface area contributed by atoms with Gasteiger partial charge in [-0.1, -0.05) is 63.4 Å². The van der Waals surface area contributed by atoms with Crippen molar-refractivity contribution in [1.82, 2.24) is 24.5 Å². The summed E-state index contributed by atoms with van der Waals surface area (Å²) in [7, 11) is 1.55. The van der Waals surface area contributed by atoms with Crippen molar-refractivity contribution in [2.45, 2.75) is 33.0 Å². The fourth-order valence-corrected chi connectivity index (χ4v) is 4.27. The quantitative estimate of drug-likeness (QED) is 0.246. The monoisotopic (exact) mass is 518 g/mol. The van der Waals surface area contributed by atoms with Crippen LogP contribution in [0.3, 0.4) is 0 Å². The highest BCUT2D eigenvalue weighted by Crippen LogP contribution is 2.32. The van der Waals surface area contributed by atoms with Crippen molar-refractivity contribution in [1.29, 1.82) is 0 Å². The first-order chi connectivity index (χ1) is 18.0. The van der Waals surface area contributed by atoms with Crippen molar-refractivity contribution < 1.29 is 13.2 Å². The number of hydrogen-bond acceptors (Lipinski definition) is 5. The molecule has 1 unspecified atom stereocenters. The number of hydrogen-bond donors (Lipinski definition) is 1. The second-order valence-corrected chi connectivity index (χ2v) is 9.25. The van der Waals surface area contributed by atoms with Crippen LogP contribution < -0.4 is 5.32 Å². The van der Waals surface area contributed by atoms with Crippen LogP contribution in [0.1, 0.15) is 43.9 Å². The highest BCUT2D eigenvalue weighted by atomic mass is 19.4. The second kappa shape index (κ2) is 10.6. The van der Waals surface area contributed by atoms with Gasteiger partial charge in [-0.25, -0.2) is 19.9 Å². The third kappa shape index (κ3) is 5.37. The Labute approximate surface area is 219 Å². The molecule has 0 aliphatic heterocycles. The molecule has 0 saturated heterocycles. The van der Waals surface area contributed by atoms with Gasteiger partial charge >= 0.3 is 6.18 Å². The predicted molar refractivity (Wildman–Crippen MR) is 145 cm³/mol. The van der Waals surface area contributed by atoms with E-state index >= 15 is 0 Å². The van der Waals surface area contributed by atoms with Gasteiger partial charge in [-0.15, -0.1) is 0 Å². The molecular formula is C29H29F3N6. The summed E-state index contributed by atoms with van der Waals surface area (Å²) in [5, 5.41) is 4.22. The summed E-state index contributed by atoms with van der Waals surface area (Å²) in [6, 6.07) is 10.8. The number of nitrogens with zero attached hydrogens (tertiary/aromatic N) is 5. The molecule has 38 heavy (non-hydrogen) atoms. The number of benzene rings is 1. The van der Waals surface area contributed by atoms with Gasteiger partial charge < -0.3 is 9.88 Å². The minimum atomic E-state index is -4.50. The van der Waals surface area contributed by atoms with E-state index in [1.54, 1.807) is 37.5 Å². The molecule has 0 aliphatic rings. The number of pyridine rings is 1. The molecule has 1 N–H and O–H groups in total. The Morgan fingerprint density at radius 2 is 1.71 bits per heavy atom. The number of halogens is 3. The normalized spacial score (nSPS) is 13.4. The van der Waals surface area contributed by atoms with Gasteiger partial charge in [-0.3, -0.25) is 0 Å². The van der Waals surface area contributed by atoms with E-state index < -0.39 is 11.9 Å². The van der Waals surface area contributed by atoms with Crippen molar-refractivity contribution in [3.8, 4) is 11.4 Å². The summed E-state index contributed by atoms with van der Waals surface area (Å²) in [4.78, 5) is 17.7. The van der Waals surface area contributed by atoms with Gasteiger partial charge in [0.1, 0.15) is 11.6 Å². The van der Waals surface area contributed by atoms with Gasteiger partial charge in [0.05, 0.1) is 5.39 Å². The minimum Gasteiger partial charge on any atom is -0.363 e. The Hall–Kier alpha value is -4.27. The minimum absolute atomic E-state index is 0.178. The number of alkyl halides is 3. The van der Waals surface area contributed by atoms with Crippen molar-refractivity contribution in [2.24, 2.45) is 13.0 Å². The van der Waals surface area contributed by atoms with Gasteiger partial charge in [0, 0.05) is 36.6 Å². The molecule has 6 nitrogen and oxygen atoms in total. The van der Waals surface area contributed by atoms with Crippen molar-refractivity contribution in [2.75, 3.05) is 5.32 Å². The Kier molecular flexibility index (Phi) is 7.48. The third-order valence-electron chi connectivity index (χ3n) is 6.26. The van der Waals surface area contributed by atoms with Crippen LogP contribution in [0, 0.1) is 5.92 Å². The molecule has 0 saturated carbocycles. The average Bonchev–Trinajstić information content (AvgIpc) is 3.29. The Bertz CT molecular complexity index is 1510. The lowest BCUT2D eigenvalue weighted by Crippen LogP contribution is -2.11. The van der Waals surface area contributed by atoms with Crippen molar-refractivity contribution in [3.05, 3.63) is 96.8 Å². The summed E-state index contributed by atoms with van der Waals surface area (Å²) >= 11 is 0. The molecule has 9 heteroatoms. The van der Waals surface area contributed by atoms with Crippen LogP contribution in [-0.2, 0) is 13.2 Å². The molecule has 3 heterocycles. The zero-order chi connectivity index (χ0) is 27.6. The first-order valence-electron chi connectivity index (χ1n) is 12.1. The molecule has 4 aromatic rings. The van der Waals surface area contributed by atoms with E-state index in [0.29, 0.717) is 22.9 Å². The molecule has 4 rings (SSSR count). The molecule has 0 aliphatic carbocycles. The zero-order valence-corrected chi connectivity index (χ0v) is 21.7. The van der Waals surface area contributed by atoms with Crippen LogP contribution in [-0.4, -0.2) is 24.5 Å².